The fourth-order valence-electron chi connectivity index (χ4n) is 3.17. The minimum Gasteiger partial charge on any atom is -0.414 e. The van der Waals surface area contributed by atoms with Gasteiger partial charge in [-0.25, -0.2) is 9.67 Å². The molecule has 5 aromatic rings. The standard InChI is InChI=1S/C20H13ClF3N7OS/c21-12-5-7-14(8-6-12)31-9-13(26-29-31)11-33-19-28-27-17(32-19)10-30-16-4-2-1-3-15(16)25-18(30)20(22,23)24/h1-9H,10-11H2. The van der Waals surface area contributed by atoms with E-state index >= 15 is 0 Å². The number of thioether (sulfide) groups is 1. The highest BCUT2D eigenvalue weighted by molar-refractivity contribution is 7.98. The van der Waals surface area contributed by atoms with Crippen LogP contribution in [0.5, 0.6) is 0 Å². The Balaban J connectivity index is 1.30. The number of imidazole rings is 1. The molecule has 0 radical (unpaired) electrons. The van der Waals surface area contributed by atoms with Crippen LogP contribution in [0.15, 0.2) is 64.4 Å². The molecule has 0 aliphatic rings. The molecule has 0 spiro atoms. The van der Waals surface area contributed by atoms with Crippen LogP contribution in [-0.2, 0) is 18.5 Å². The fraction of sp³-hybridized carbons (Fsp3) is 0.150. The van der Waals surface area contributed by atoms with Crippen molar-refractivity contribution in [2.24, 2.45) is 0 Å². The Bertz CT molecular complexity index is 1410. The maximum Gasteiger partial charge on any atom is 0.449 e. The van der Waals surface area contributed by atoms with Gasteiger partial charge in [0.05, 0.1) is 28.6 Å². The van der Waals surface area contributed by atoms with E-state index in [2.05, 4.69) is 25.5 Å². The van der Waals surface area contributed by atoms with Gasteiger partial charge < -0.3 is 8.98 Å². The van der Waals surface area contributed by atoms with Gasteiger partial charge in [-0.2, -0.15) is 13.2 Å². The molecule has 5 rings (SSSR count). The minimum absolute atomic E-state index is 0.0379. The van der Waals surface area contributed by atoms with Gasteiger partial charge in [0, 0.05) is 10.8 Å². The quantitative estimate of drug-likeness (QED) is 0.308. The van der Waals surface area contributed by atoms with Gasteiger partial charge in [0.15, 0.2) is 0 Å². The third kappa shape index (κ3) is 4.57. The SMILES string of the molecule is FC(F)(F)c1nc2ccccc2n1Cc1nnc(SCc2cn(-c3ccc(Cl)cc3)nn2)o1. The van der Waals surface area contributed by atoms with E-state index < -0.39 is 12.0 Å². The van der Waals surface area contributed by atoms with E-state index in [-0.39, 0.29) is 23.2 Å². The Morgan fingerprint density at radius 2 is 1.79 bits per heavy atom. The summed E-state index contributed by atoms with van der Waals surface area (Å²) in [7, 11) is 0. The average Bonchev–Trinajstić information content (AvgIpc) is 3.52. The number of aromatic nitrogens is 7. The molecule has 0 atom stereocenters. The number of halogens is 4. The van der Waals surface area contributed by atoms with Gasteiger partial charge in [0.25, 0.3) is 5.22 Å². The third-order valence-electron chi connectivity index (χ3n) is 4.63. The van der Waals surface area contributed by atoms with Crippen molar-refractivity contribution in [1.82, 2.24) is 34.7 Å². The summed E-state index contributed by atoms with van der Waals surface area (Å²) in [6.45, 7) is -0.254. The average molecular weight is 492 g/mol. The molecule has 2 aromatic carbocycles. The summed E-state index contributed by atoms with van der Waals surface area (Å²) in [6, 6.07) is 13.5. The van der Waals surface area contributed by atoms with Gasteiger partial charge in [-0.15, -0.1) is 15.3 Å². The number of alkyl halides is 3. The van der Waals surface area contributed by atoms with Crippen molar-refractivity contribution in [2.45, 2.75) is 23.7 Å². The van der Waals surface area contributed by atoms with Crippen molar-refractivity contribution in [1.29, 1.82) is 0 Å². The zero-order chi connectivity index (χ0) is 23.0. The molecule has 0 amide bonds. The van der Waals surface area contributed by atoms with Gasteiger partial charge in [-0.05, 0) is 36.4 Å². The maximum atomic E-state index is 13.5. The van der Waals surface area contributed by atoms with Crippen molar-refractivity contribution in [2.75, 3.05) is 0 Å². The molecule has 3 aromatic heterocycles. The van der Waals surface area contributed by atoms with E-state index in [0.717, 1.165) is 10.3 Å². The van der Waals surface area contributed by atoms with Crippen LogP contribution in [0.3, 0.4) is 0 Å². The molecule has 0 aliphatic carbocycles. The van der Waals surface area contributed by atoms with Crippen LogP contribution in [0, 0.1) is 0 Å². The number of fused-ring (bicyclic) bond motifs is 1. The van der Waals surface area contributed by atoms with Crippen LogP contribution in [-0.4, -0.2) is 34.7 Å². The summed E-state index contributed by atoms with van der Waals surface area (Å²) < 4.78 is 48.6. The van der Waals surface area contributed by atoms with Crippen LogP contribution < -0.4 is 0 Å². The van der Waals surface area contributed by atoms with E-state index in [1.807, 2.05) is 12.1 Å². The molecule has 0 fully saturated rings. The normalized spacial score (nSPS) is 12.0. The van der Waals surface area contributed by atoms with Crippen LogP contribution in [0.2, 0.25) is 5.02 Å². The first-order valence-corrected chi connectivity index (χ1v) is 10.9. The zero-order valence-corrected chi connectivity index (χ0v) is 18.1. The lowest BCUT2D eigenvalue weighted by molar-refractivity contribution is -0.146. The molecule has 8 nitrogen and oxygen atoms in total. The Kier molecular flexibility index (Phi) is 5.54. The summed E-state index contributed by atoms with van der Waals surface area (Å²) in [6.07, 6.45) is -2.87. The molecule has 0 bridgehead atoms. The van der Waals surface area contributed by atoms with Crippen LogP contribution in [0.1, 0.15) is 17.4 Å². The number of para-hydroxylation sites is 2. The van der Waals surface area contributed by atoms with Crippen molar-refractivity contribution < 1.29 is 17.6 Å². The summed E-state index contributed by atoms with van der Waals surface area (Å²) in [4.78, 5) is 3.71. The predicted molar refractivity (Wildman–Crippen MR) is 114 cm³/mol. The first-order chi connectivity index (χ1) is 15.9. The third-order valence-corrected chi connectivity index (χ3v) is 5.73. The molecular weight excluding hydrogens is 479 g/mol. The van der Waals surface area contributed by atoms with Crippen molar-refractivity contribution >= 4 is 34.4 Å². The maximum absolute atomic E-state index is 13.5. The largest absolute Gasteiger partial charge is 0.449 e. The summed E-state index contributed by atoms with van der Waals surface area (Å²) >= 11 is 7.10. The van der Waals surface area contributed by atoms with Gasteiger partial charge >= 0.3 is 6.18 Å². The monoisotopic (exact) mass is 491 g/mol. The molecule has 168 valence electrons. The second-order valence-corrected chi connectivity index (χ2v) is 8.25. The predicted octanol–water partition coefficient (Wildman–Crippen LogP) is 5.01. The van der Waals surface area contributed by atoms with Gasteiger partial charge in [0.2, 0.25) is 11.7 Å². The zero-order valence-electron chi connectivity index (χ0n) is 16.6. The van der Waals surface area contributed by atoms with Crippen molar-refractivity contribution in [3.05, 3.63) is 77.2 Å². The first-order valence-electron chi connectivity index (χ1n) is 9.51. The van der Waals surface area contributed by atoms with Gasteiger partial charge in [-0.3, -0.25) is 0 Å². The smallest absolute Gasteiger partial charge is 0.414 e. The van der Waals surface area contributed by atoms with E-state index in [9.17, 15) is 13.2 Å². The van der Waals surface area contributed by atoms with Crippen molar-refractivity contribution in [3.8, 4) is 5.69 Å². The molecule has 0 N–H and O–H groups in total. The van der Waals surface area contributed by atoms with E-state index in [0.29, 0.717) is 22.0 Å². The minimum atomic E-state index is -4.62. The van der Waals surface area contributed by atoms with Crippen LogP contribution >= 0.6 is 23.4 Å². The Morgan fingerprint density at radius 3 is 2.58 bits per heavy atom. The highest BCUT2D eigenvalue weighted by Gasteiger charge is 2.38. The van der Waals surface area contributed by atoms with E-state index in [4.69, 9.17) is 16.0 Å². The van der Waals surface area contributed by atoms with Crippen molar-refractivity contribution in [3.63, 3.8) is 0 Å². The second kappa shape index (κ2) is 8.52. The first kappa shape index (κ1) is 21.5. The lowest BCUT2D eigenvalue weighted by Crippen LogP contribution is -2.15. The topological polar surface area (TPSA) is 87.5 Å². The number of benzene rings is 2. The number of hydrogen-bond acceptors (Lipinski definition) is 7. The lowest BCUT2D eigenvalue weighted by Gasteiger charge is -2.09. The molecule has 0 unspecified atom stereocenters. The molecular formula is C20H13ClF3N7OS. The highest BCUT2D eigenvalue weighted by atomic mass is 35.5. The Morgan fingerprint density at radius 1 is 1.00 bits per heavy atom. The molecule has 13 heteroatoms. The van der Waals surface area contributed by atoms with Crippen LogP contribution in [0.4, 0.5) is 13.2 Å². The Labute approximate surface area is 193 Å². The van der Waals surface area contributed by atoms with E-state index in [1.165, 1.54) is 17.8 Å². The summed E-state index contributed by atoms with van der Waals surface area (Å²) in [5, 5.41) is 16.8. The lowest BCUT2D eigenvalue weighted by atomic mass is 10.3. The van der Waals surface area contributed by atoms with Gasteiger partial charge in [0.1, 0.15) is 6.54 Å². The van der Waals surface area contributed by atoms with Gasteiger partial charge in [-0.1, -0.05) is 40.7 Å². The summed E-state index contributed by atoms with van der Waals surface area (Å²) in [5.41, 5.74) is 2.03. The number of nitrogens with zero attached hydrogens (tertiary/aromatic N) is 7. The molecule has 0 aliphatic heterocycles. The van der Waals surface area contributed by atoms with Crippen LogP contribution in [0.25, 0.3) is 16.7 Å². The Hall–Kier alpha value is -3.38. The molecule has 0 saturated carbocycles. The summed E-state index contributed by atoms with van der Waals surface area (Å²) in [5.74, 6) is -0.595. The fourth-order valence-corrected chi connectivity index (χ4v) is 3.95. The molecule has 0 saturated heterocycles. The van der Waals surface area contributed by atoms with E-state index in [1.54, 1.807) is 41.2 Å². The second-order valence-electron chi connectivity index (χ2n) is 6.89. The molecule has 3 heterocycles. The molecule has 33 heavy (non-hydrogen) atoms. The number of rotatable bonds is 6. The number of hydrogen-bond donors (Lipinski definition) is 0. The highest BCUT2D eigenvalue weighted by Crippen LogP contribution is 2.32.